The molecule has 3 heterocycles. The molecule has 0 radical (unpaired) electrons. The molecule has 0 unspecified atom stereocenters. The average Bonchev–Trinajstić information content (AvgIpc) is 3.20. The molecule has 0 aromatic carbocycles. The highest BCUT2D eigenvalue weighted by molar-refractivity contribution is 5.94. The standard InChI is InChI=1S/C18H22N4O4/c1-2-25-18(24)22-7-5-21(6-8-22)15-10-14(11-19-12-15)17(23)20-13-16-4-3-9-26-16/h3-4,9-12H,2,5-8,13H2,1H3,(H,20,23). The molecule has 2 aromatic heterocycles. The minimum absolute atomic E-state index is 0.207. The summed E-state index contributed by atoms with van der Waals surface area (Å²) in [5, 5.41) is 2.81. The van der Waals surface area contributed by atoms with Crippen molar-refractivity contribution in [3.8, 4) is 0 Å². The molecule has 8 heteroatoms. The van der Waals surface area contributed by atoms with E-state index < -0.39 is 0 Å². The Balaban J connectivity index is 1.57. The highest BCUT2D eigenvalue weighted by atomic mass is 16.6. The first-order valence-electron chi connectivity index (χ1n) is 8.59. The summed E-state index contributed by atoms with van der Waals surface area (Å²) in [5.74, 6) is 0.485. The molecule has 26 heavy (non-hydrogen) atoms. The number of anilines is 1. The molecule has 0 atom stereocenters. The van der Waals surface area contributed by atoms with Crippen LogP contribution in [-0.2, 0) is 11.3 Å². The Morgan fingerprint density at radius 3 is 2.77 bits per heavy atom. The fourth-order valence-corrected chi connectivity index (χ4v) is 2.77. The maximum absolute atomic E-state index is 12.3. The maximum Gasteiger partial charge on any atom is 0.409 e. The summed E-state index contributed by atoms with van der Waals surface area (Å²) < 4.78 is 10.2. The van der Waals surface area contributed by atoms with Gasteiger partial charge in [0.05, 0.1) is 36.9 Å². The molecule has 0 aliphatic carbocycles. The van der Waals surface area contributed by atoms with Crippen LogP contribution in [0.5, 0.6) is 0 Å². The predicted octanol–water partition coefficient (Wildman–Crippen LogP) is 1.88. The van der Waals surface area contributed by atoms with Crippen molar-refractivity contribution in [1.29, 1.82) is 0 Å². The van der Waals surface area contributed by atoms with E-state index in [4.69, 9.17) is 9.15 Å². The molecule has 0 spiro atoms. The lowest BCUT2D eigenvalue weighted by molar-refractivity contribution is 0.0947. The van der Waals surface area contributed by atoms with Crippen molar-refractivity contribution < 1.29 is 18.7 Å². The van der Waals surface area contributed by atoms with Gasteiger partial charge in [-0.05, 0) is 25.1 Å². The summed E-state index contributed by atoms with van der Waals surface area (Å²) >= 11 is 0. The number of ether oxygens (including phenoxy) is 1. The van der Waals surface area contributed by atoms with Gasteiger partial charge in [-0.2, -0.15) is 0 Å². The molecule has 2 amide bonds. The Labute approximate surface area is 151 Å². The lowest BCUT2D eigenvalue weighted by Crippen LogP contribution is -2.49. The van der Waals surface area contributed by atoms with E-state index in [1.807, 2.05) is 6.07 Å². The topological polar surface area (TPSA) is 87.9 Å². The van der Waals surface area contributed by atoms with E-state index >= 15 is 0 Å². The van der Waals surface area contributed by atoms with E-state index in [1.54, 1.807) is 36.4 Å². The van der Waals surface area contributed by atoms with E-state index in [0.717, 1.165) is 5.69 Å². The van der Waals surface area contributed by atoms with Crippen molar-refractivity contribution in [1.82, 2.24) is 15.2 Å². The third kappa shape index (κ3) is 4.33. The van der Waals surface area contributed by atoms with Crippen molar-refractivity contribution in [3.05, 3.63) is 48.2 Å². The van der Waals surface area contributed by atoms with Gasteiger partial charge in [-0.3, -0.25) is 9.78 Å². The number of furan rings is 1. The molecule has 1 aliphatic rings. The first kappa shape index (κ1) is 17.8. The van der Waals surface area contributed by atoms with Crippen LogP contribution < -0.4 is 10.2 Å². The first-order chi connectivity index (χ1) is 12.7. The Morgan fingerprint density at radius 2 is 2.08 bits per heavy atom. The average molecular weight is 358 g/mol. The number of hydrogen-bond donors (Lipinski definition) is 1. The minimum Gasteiger partial charge on any atom is -0.467 e. The quantitative estimate of drug-likeness (QED) is 0.878. The fourth-order valence-electron chi connectivity index (χ4n) is 2.77. The van der Waals surface area contributed by atoms with Crippen LogP contribution in [0.25, 0.3) is 0 Å². The SMILES string of the molecule is CCOC(=O)N1CCN(c2cncc(C(=O)NCc3ccco3)c2)CC1. The lowest BCUT2D eigenvalue weighted by Gasteiger charge is -2.35. The van der Waals surface area contributed by atoms with Gasteiger partial charge in [0.2, 0.25) is 0 Å². The van der Waals surface area contributed by atoms with Crippen LogP contribution in [-0.4, -0.2) is 54.7 Å². The zero-order valence-corrected chi connectivity index (χ0v) is 14.7. The lowest BCUT2D eigenvalue weighted by atomic mass is 10.2. The molecule has 0 saturated carbocycles. The van der Waals surface area contributed by atoms with Crippen LogP contribution in [0.2, 0.25) is 0 Å². The third-order valence-electron chi connectivity index (χ3n) is 4.16. The van der Waals surface area contributed by atoms with Crippen LogP contribution in [0.4, 0.5) is 10.5 Å². The number of aromatic nitrogens is 1. The Hall–Kier alpha value is -3.03. The van der Waals surface area contributed by atoms with E-state index in [9.17, 15) is 9.59 Å². The summed E-state index contributed by atoms with van der Waals surface area (Å²) in [4.78, 5) is 32.0. The van der Waals surface area contributed by atoms with Crippen LogP contribution >= 0.6 is 0 Å². The van der Waals surface area contributed by atoms with Crippen LogP contribution in [0, 0.1) is 0 Å². The molecule has 138 valence electrons. The summed E-state index contributed by atoms with van der Waals surface area (Å²) in [5.41, 5.74) is 1.35. The van der Waals surface area contributed by atoms with Crippen molar-refractivity contribution in [3.63, 3.8) is 0 Å². The van der Waals surface area contributed by atoms with Gasteiger partial charge in [-0.1, -0.05) is 0 Å². The highest BCUT2D eigenvalue weighted by Gasteiger charge is 2.22. The molecule has 2 aromatic rings. The molecule has 0 bridgehead atoms. The summed E-state index contributed by atoms with van der Waals surface area (Å²) in [6.45, 7) is 4.98. The summed E-state index contributed by atoms with van der Waals surface area (Å²) in [6, 6.07) is 5.39. The monoisotopic (exact) mass is 358 g/mol. The third-order valence-corrected chi connectivity index (χ3v) is 4.16. The predicted molar refractivity (Wildman–Crippen MR) is 94.9 cm³/mol. The number of nitrogens with zero attached hydrogens (tertiary/aromatic N) is 3. The molecule has 1 fully saturated rings. The number of carbonyl (C=O) groups is 2. The summed E-state index contributed by atoms with van der Waals surface area (Å²) in [7, 11) is 0. The first-order valence-corrected chi connectivity index (χ1v) is 8.59. The number of rotatable bonds is 5. The number of hydrogen-bond acceptors (Lipinski definition) is 6. The van der Waals surface area contributed by atoms with Gasteiger partial charge < -0.3 is 24.3 Å². The fraction of sp³-hybridized carbons (Fsp3) is 0.389. The number of pyridine rings is 1. The maximum atomic E-state index is 12.3. The van der Waals surface area contributed by atoms with E-state index in [2.05, 4.69) is 15.2 Å². The van der Waals surface area contributed by atoms with Gasteiger partial charge in [-0.25, -0.2) is 4.79 Å². The number of amides is 2. The molecule has 1 aliphatic heterocycles. The van der Waals surface area contributed by atoms with Gasteiger partial charge in [0.1, 0.15) is 5.76 Å². The Kier molecular flexibility index (Phi) is 5.73. The molecule has 1 N–H and O–H groups in total. The van der Waals surface area contributed by atoms with Crippen molar-refractivity contribution in [2.45, 2.75) is 13.5 Å². The van der Waals surface area contributed by atoms with Crippen LogP contribution in [0.1, 0.15) is 23.0 Å². The largest absolute Gasteiger partial charge is 0.467 e. The number of piperazine rings is 1. The zero-order chi connectivity index (χ0) is 18.4. The Morgan fingerprint density at radius 1 is 1.27 bits per heavy atom. The normalized spacial score (nSPS) is 14.2. The van der Waals surface area contributed by atoms with Crippen LogP contribution in [0.15, 0.2) is 41.3 Å². The van der Waals surface area contributed by atoms with Gasteiger partial charge >= 0.3 is 6.09 Å². The smallest absolute Gasteiger partial charge is 0.409 e. The van der Waals surface area contributed by atoms with Crippen LogP contribution in [0.3, 0.4) is 0 Å². The summed E-state index contributed by atoms with van der Waals surface area (Å²) in [6.07, 6.45) is 4.55. The van der Waals surface area contributed by atoms with Gasteiger partial charge in [0.15, 0.2) is 0 Å². The molecule has 8 nitrogen and oxygen atoms in total. The van der Waals surface area contributed by atoms with E-state index in [0.29, 0.717) is 50.7 Å². The second kappa shape index (κ2) is 8.37. The Bertz CT molecular complexity index is 739. The van der Waals surface area contributed by atoms with E-state index in [-0.39, 0.29) is 12.0 Å². The second-order valence-electron chi connectivity index (χ2n) is 5.87. The van der Waals surface area contributed by atoms with E-state index in [1.165, 1.54) is 6.20 Å². The van der Waals surface area contributed by atoms with Crippen molar-refractivity contribution >= 4 is 17.7 Å². The van der Waals surface area contributed by atoms with Crippen molar-refractivity contribution in [2.24, 2.45) is 0 Å². The van der Waals surface area contributed by atoms with Crippen molar-refractivity contribution in [2.75, 3.05) is 37.7 Å². The molecule has 1 saturated heterocycles. The second-order valence-corrected chi connectivity index (χ2v) is 5.87. The minimum atomic E-state index is -0.281. The van der Waals surface area contributed by atoms with Gasteiger partial charge in [-0.15, -0.1) is 0 Å². The number of carbonyl (C=O) groups excluding carboxylic acids is 2. The molecule has 3 rings (SSSR count). The number of nitrogens with one attached hydrogen (secondary N) is 1. The highest BCUT2D eigenvalue weighted by Crippen LogP contribution is 2.17. The zero-order valence-electron chi connectivity index (χ0n) is 14.7. The molecular formula is C18H22N4O4. The van der Waals surface area contributed by atoms with Gasteiger partial charge in [0.25, 0.3) is 5.91 Å². The van der Waals surface area contributed by atoms with Gasteiger partial charge in [0, 0.05) is 32.4 Å². The molecular weight excluding hydrogens is 336 g/mol.